The van der Waals surface area contributed by atoms with E-state index in [9.17, 15) is 9.59 Å². The van der Waals surface area contributed by atoms with E-state index in [1.165, 1.54) is 5.56 Å². The lowest BCUT2D eigenvalue weighted by atomic mass is 9.79. The molecule has 5 heteroatoms. The van der Waals surface area contributed by atoms with E-state index in [4.69, 9.17) is 0 Å². The van der Waals surface area contributed by atoms with Crippen LogP contribution in [-0.2, 0) is 9.59 Å². The summed E-state index contributed by atoms with van der Waals surface area (Å²) < 4.78 is 0. The highest BCUT2D eigenvalue weighted by atomic mass is 16.2. The second-order valence-corrected chi connectivity index (χ2v) is 6.89. The van der Waals surface area contributed by atoms with Crippen LogP contribution in [0, 0.1) is 12.3 Å². The van der Waals surface area contributed by atoms with Gasteiger partial charge >= 0.3 is 0 Å². The molecule has 23 heavy (non-hydrogen) atoms. The third kappa shape index (κ3) is 4.98. The van der Waals surface area contributed by atoms with E-state index in [0.717, 1.165) is 31.4 Å². The summed E-state index contributed by atoms with van der Waals surface area (Å²) in [6, 6.07) is 7.83. The van der Waals surface area contributed by atoms with Crippen LogP contribution in [0.3, 0.4) is 0 Å². The first kappa shape index (κ1) is 17.3. The third-order valence-electron chi connectivity index (χ3n) is 4.62. The number of anilines is 1. The molecule has 0 radical (unpaired) electrons. The number of benzene rings is 1. The van der Waals surface area contributed by atoms with Crippen LogP contribution in [0.5, 0.6) is 0 Å². The van der Waals surface area contributed by atoms with E-state index in [1.54, 1.807) is 19.0 Å². The van der Waals surface area contributed by atoms with Gasteiger partial charge in [0.1, 0.15) is 0 Å². The van der Waals surface area contributed by atoms with Gasteiger partial charge in [0.25, 0.3) is 0 Å². The maximum atomic E-state index is 12.3. The second-order valence-electron chi connectivity index (χ2n) is 6.89. The zero-order chi connectivity index (χ0) is 16.9. The van der Waals surface area contributed by atoms with Crippen LogP contribution in [0.2, 0.25) is 0 Å². The quantitative estimate of drug-likeness (QED) is 0.793. The van der Waals surface area contributed by atoms with Gasteiger partial charge in [0.05, 0.1) is 5.69 Å². The minimum atomic E-state index is -0.180. The van der Waals surface area contributed by atoms with Gasteiger partial charge in [-0.3, -0.25) is 20.4 Å². The lowest BCUT2D eigenvalue weighted by Crippen LogP contribution is -2.37. The molecule has 0 atom stereocenters. The first-order valence-corrected chi connectivity index (χ1v) is 8.22. The van der Waals surface area contributed by atoms with Crippen LogP contribution in [0.4, 0.5) is 5.69 Å². The Kier molecular flexibility index (Phi) is 5.64. The highest BCUT2D eigenvalue weighted by Crippen LogP contribution is 2.44. The van der Waals surface area contributed by atoms with Crippen molar-refractivity contribution in [2.24, 2.45) is 5.41 Å². The van der Waals surface area contributed by atoms with Gasteiger partial charge in [0, 0.05) is 26.9 Å². The van der Waals surface area contributed by atoms with Crippen molar-refractivity contribution in [2.75, 3.05) is 19.5 Å². The molecule has 1 aliphatic carbocycles. The number of nitrogens with one attached hydrogen (secondary N) is 2. The number of amides is 2. The fraction of sp³-hybridized carbons (Fsp3) is 0.556. The fourth-order valence-corrected chi connectivity index (χ4v) is 3.18. The zero-order valence-electron chi connectivity index (χ0n) is 14.3. The number of carbonyl (C=O) groups excluding carboxylic acids is 2. The molecule has 126 valence electrons. The largest absolute Gasteiger partial charge is 0.349 e. The third-order valence-corrected chi connectivity index (χ3v) is 4.62. The molecule has 0 aromatic heterocycles. The van der Waals surface area contributed by atoms with Crippen LogP contribution in [0.1, 0.15) is 44.1 Å². The second kappa shape index (κ2) is 7.49. The maximum absolute atomic E-state index is 12.3. The average Bonchev–Trinajstić information content (AvgIpc) is 2.94. The van der Waals surface area contributed by atoms with Gasteiger partial charge in [-0.05, 0) is 37.3 Å². The number of hydrogen-bond donors (Lipinski definition) is 2. The van der Waals surface area contributed by atoms with Crippen molar-refractivity contribution < 1.29 is 9.59 Å². The molecule has 0 saturated heterocycles. The maximum Gasteiger partial charge on any atom is 0.238 e. The summed E-state index contributed by atoms with van der Waals surface area (Å²) in [7, 11) is 3.54. The number of hydrazine groups is 1. The topological polar surface area (TPSA) is 61.4 Å². The predicted octanol–water partition coefficient (Wildman–Crippen LogP) is 2.87. The molecule has 1 aromatic rings. The standard InChI is InChI=1S/C18H27N3O2/c1-14-6-8-15(9-7-14)19-20-16(22)12-18(10-4-5-11-18)13-17(23)21(2)3/h6-9,19H,4-5,10-13H2,1-3H3,(H,20,22). The Balaban J connectivity index is 1.90. The van der Waals surface area contributed by atoms with Crippen LogP contribution >= 0.6 is 0 Å². The number of hydrogen-bond acceptors (Lipinski definition) is 3. The molecule has 0 unspecified atom stereocenters. The van der Waals surface area contributed by atoms with Crippen LogP contribution in [-0.4, -0.2) is 30.8 Å². The molecule has 0 aliphatic heterocycles. The fourth-order valence-electron chi connectivity index (χ4n) is 3.18. The van der Waals surface area contributed by atoms with E-state index in [0.29, 0.717) is 12.8 Å². The summed E-state index contributed by atoms with van der Waals surface area (Å²) in [5.74, 6) is 0.0465. The highest BCUT2D eigenvalue weighted by molar-refractivity contribution is 5.81. The van der Waals surface area contributed by atoms with Crippen molar-refractivity contribution >= 4 is 17.5 Å². The molecule has 2 amide bonds. The van der Waals surface area contributed by atoms with Gasteiger partial charge in [-0.15, -0.1) is 0 Å². The van der Waals surface area contributed by atoms with E-state index >= 15 is 0 Å². The van der Waals surface area contributed by atoms with E-state index in [-0.39, 0.29) is 17.2 Å². The summed E-state index contributed by atoms with van der Waals surface area (Å²) in [5.41, 5.74) is 7.55. The Morgan fingerprint density at radius 2 is 1.70 bits per heavy atom. The van der Waals surface area contributed by atoms with Gasteiger partial charge in [-0.1, -0.05) is 30.5 Å². The molecule has 5 nitrogen and oxygen atoms in total. The van der Waals surface area contributed by atoms with Gasteiger partial charge in [-0.25, -0.2) is 0 Å². The van der Waals surface area contributed by atoms with Crippen LogP contribution in [0.15, 0.2) is 24.3 Å². The Labute approximate surface area is 138 Å². The van der Waals surface area contributed by atoms with E-state index in [2.05, 4.69) is 10.9 Å². The average molecular weight is 317 g/mol. The van der Waals surface area contributed by atoms with Crippen LogP contribution in [0.25, 0.3) is 0 Å². The van der Waals surface area contributed by atoms with Gasteiger partial charge in [-0.2, -0.15) is 0 Å². The van der Waals surface area contributed by atoms with Crippen molar-refractivity contribution in [1.82, 2.24) is 10.3 Å². The molecule has 1 aliphatic rings. The van der Waals surface area contributed by atoms with Crippen molar-refractivity contribution in [3.8, 4) is 0 Å². The van der Waals surface area contributed by atoms with Gasteiger partial charge in [0.2, 0.25) is 11.8 Å². The van der Waals surface area contributed by atoms with Crippen molar-refractivity contribution in [3.05, 3.63) is 29.8 Å². The Morgan fingerprint density at radius 1 is 1.09 bits per heavy atom. The smallest absolute Gasteiger partial charge is 0.238 e. The minimum Gasteiger partial charge on any atom is -0.349 e. The van der Waals surface area contributed by atoms with Crippen molar-refractivity contribution in [3.63, 3.8) is 0 Å². The Hall–Kier alpha value is -2.04. The number of aryl methyl sites for hydroxylation is 1. The molecule has 2 rings (SSSR count). The lowest BCUT2D eigenvalue weighted by molar-refractivity contribution is -0.132. The molecular formula is C18H27N3O2. The highest BCUT2D eigenvalue weighted by Gasteiger charge is 2.38. The SMILES string of the molecule is Cc1ccc(NNC(=O)CC2(CC(=O)N(C)C)CCCC2)cc1. The van der Waals surface area contributed by atoms with Crippen molar-refractivity contribution in [1.29, 1.82) is 0 Å². The van der Waals surface area contributed by atoms with E-state index in [1.807, 2.05) is 31.2 Å². The molecule has 0 heterocycles. The molecule has 2 N–H and O–H groups in total. The predicted molar refractivity (Wildman–Crippen MR) is 91.8 cm³/mol. The summed E-state index contributed by atoms with van der Waals surface area (Å²) in [4.78, 5) is 26.0. The monoisotopic (exact) mass is 317 g/mol. The summed E-state index contributed by atoms with van der Waals surface area (Å²) in [5, 5.41) is 0. The summed E-state index contributed by atoms with van der Waals surface area (Å²) in [6.07, 6.45) is 4.94. The zero-order valence-corrected chi connectivity index (χ0v) is 14.3. The molecule has 0 spiro atoms. The molecule has 1 fully saturated rings. The minimum absolute atomic E-state index is 0.0565. The number of nitrogens with zero attached hydrogens (tertiary/aromatic N) is 1. The lowest BCUT2D eigenvalue weighted by Gasteiger charge is -2.29. The Bertz CT molecular complexity index is 546. The van der Waals surface area contributed by atoms with E-state index < -0.39 is 0 Å². The Morgan fingerprint density at radius 3 is 2.26 bits per heavy atom. The van der Waals surface area contributed by atoms with Gasteiger partial charge < -0.3 is 4.90 Å². The summed E-state index contributed by atoms with van der Waals surface area (Å²) in [6.45, 7) is 2.02. The normalized spacial score (nSPS) is 16.0. The summed E-state index contributed by atoms with van der Waals surface area (Å²) >= 11 is 0. The number of rotatable bonds is 6. The van der Waals surface area contributed by atoms with Crippen molar-refractivity contribution in [2.45, 2.75) is 45.4 Å². The molecule has 1 saturated carbocycles. The molecule has 0 bridgehead atoms. The number of carbonyl (C=O) groups is 2. The molecular weight excluding hydrogens is 290 g/mol. The first-order chi connectivity index (χ1) is 10.9. The molecule has 1 aromatic carbocycles. The first-order valence-electron chi connectivity index (χ1n) is 8.22. The van der Waals surface area contributed by atoms with Crippen LogP contribution < -0.4 is 10.9 Å². The van der Waals surface area contributed by atoms with Gasteiger partial charge in [0.15, 0.2) is 0 Å².